The van der Waals surface area contributed by atoms with Gasteiger partial charge < -0.3 is 9.47 Å². The largest absolute Gasteiger partial charge is 0.484 e. The lowest BCUT2D eigenvalue weighted by molar-refractivity contribution is -0.178. The molecule has 0 bridgehead atoms. The van der Waals surface area contributed by atoms with Crippen LogP contribution >= 0.6 is 0 Å². The topological polar surface area (TPSA) is 71.3 Å². The minimum absolute atomic E-state index is 0.214. The number of rotatable bonds is 2. The zero-order valence-corrected chi connectivity index (χ0v) is 14.7. The summed E-state index contributed by atoms with van der Waals surface area (Å²) in [5.74, 6) is 0.450. The average Bonchev–Trinajstić information content (AvgIpc) is 2.63. The molecule has 3 atom stereocenters. The van der Waals surface area contributed by atoms with E-state index in [9.17, 15) is 10.1 Å². The Kier molecular flexibility index (Phi) is 3.93. The Morgan fingerprint density at radius 1 is 1.19 bits per heavy atom. The zero-order chi connectivity index (χ0) is 18.3. The Hall–Kier alpha value is -2.84. The Balaban J connectivity index is 1.69. The van der Waals surface area contributed by atoms with Crippen molar-refractivity contribution in [2.75, 3.05) is 0 Å². The van der Waals surface area contributed by atoms with Crippen LogP contribution in [0.15, 0.2) is 48.5 Å². The summed E-state index contributed by atoms with van der Waals surface area (Å²) in [6.07, 6.45) is 0.0979. The number of hydrogen-bond donors (Lipinski definition) is 1. The summed E-state index contributed by atoms with van der Waals surface area (Å²) in [4.78, 5) is 12.6. The van der Waals surface area contributed by atoms with E-state index in [0.29, 0.717) is 12.0 Å². The van der Waals surface area contributed by atoms with Gasteiger partial charge in [0.25, 0.3) is 0 Å². The molecule has 26 heavy (non-hydrogen) atoms. The van der Waals surface area contributed by atoms with Gasteiger partial charge in [-0.05, 0) is 44.0 Å². The predicted molar refractivity (Wildman–Crippen MR) is 95.6 cm³/mol. The van der Waals surface area contributed by atoms with Crippen LogP contribution < -0.4 is 10.1 Å². The van der Waals surface area contributed by atoms with Gasteiger partial charge in [0.15, 0.2) is 6.10 Å². The van der Waals surface area contributed by atoms with Crippen molar-refractivity contribution < 1.29 is 14.3 Å². The second kappa shape index (κ2) is 6.15. The standard InChI is InChI=1S/C21H20N2O3/c1-21(2)19-18(15-10-14(12-22)8-9-17(15)26-21)23-16(20(24)25-19)11-13-6-4-3-5-7-13/h3-10,16,18-19,23H,11H2,1-2H3/t16-,18-,19+/m0/s1. The van der Waals surface area contributed by atoms with Gasteiger partial charge in [-0.1, -0.05) is 30.3 Å². The maximum absolute atomic E-state index is 12.6. The Labute approximate surface area is 152 Å². The molecule has 5 nitrogen and oxygen atoms in total. The van der Waals surface area contributed by atoms with Gasteiger partial charge in [0, 0.05) is 5.56 Å². The van der Waals surface area contributed by atoms with Crippen molar-refractivity contribution in [2.24, 2.45) is 0 Å². The molecule has 1 saturated heterocycles. The van der Waals surface area contributed by atoms with E-state index >= 15 is 0 Å². The smallest absolute Gasteiger partial charge is 0.323 e. The van der Waals surface area contributed by atoms with E-state index in [2.05, 4.69) is 11.4 Å². The first-order chi connectivity index (χ1) is 12.5. The molecule has 0 amide bonds. The Morgan fingerprint density at radius 2 is 1.96 bits per heavy atom. The van der Waals surface area contributed by atoms with Gasteiger partial charge in [0.1, 0.15) is 17.4 Å². The Bertz CT molecular complexity index is 886. The molecule has 132 valence electrons. The lowest BCUT2D eigenvalue weighted by atomic mass is 9.83. The molecule has 0 spiro atoms. The number of fused-ring (bicyclic) bond motifs is 3. The molecule has 0 saturated carbocycles. The highest BCUT2D eigenvalue weighted by Crippen LogP contribution is 2.43. The molecule has 0 aromatic heterocycles. The van der Waals surface area contributed by atoms with Crippen LogP contribution in [0.2, 0.25) is 0 Å². The molecule has 4 rings (SSSR count). The van der Waals surface area contributed by atoms with E-state index in [1.54, 1.807) is 6.07 Å². The second-order valence-corrected chi connectivity index (χ2v) is 7.31. The van der Waals surface area contributed by atoms with E-state index in [-0.39, 0.29) is 12.0 Å². The second-order valence-electron chi connectivity index (χ2n) is 7.31. The molecule has 0 aliphatic carbocycles. The van der Waals surface area contributed by atoms with E-state index in [1.807, 2.05) is 56.3 Å². The van der Waals surface area contributed by atoms with Crippen LogP contribution in [0.1, 0.15) is 36.6 Å². The van der Waals surface area contributed by atoms with Crippen molar-refractivity contribution >= 4 is 5.97 Å². The summed E-state index contributed by atoms with van der Waals surface area (Å²) in [6.45, 7) is 3.83. The molecule has 1 N–H and O–H groups in total. The minimum Gasteiger partial charge on any atom is -0.484 e. The predicted octanol–water partition coefficient (Wildman–Crippen LogP) is 2.90. The van der Waals surface area contributed by atoms with E-state index in [4.69, 9.17) is 9.47 Å². The number of nitriles is 1. The van der Waals surface area contributed by atoms with Crippen molar-refractivity contribution in [1.29, 1.82) is 5.26 Å². The molecule has 5 heteroatoms. The van der Waals surface area contributed by atoms with Crippen molar-refractivity contribution in [1.82, 2.24) is 5.32 Å². The first-order valence-corrected chi connectivity index (χ1v) is 8.71. The van der Waals surface area contributed by atoms with Crippen molar-refractivity contribution in [2.45, 2.75) is 44.1 Å². The van der Waals surface area contributed by atoms with Gasteiger partial charge in [0.2, 0.25) is 0 Å². The van der Waals surface area contributed by atoms with Gasteiger partial charge in [-0.3, -0.25) is 10.1 Å². The number of benzene rings is 2. The van der Waals surface area contributed by atoms with Crippen LogP contribution in [0, 0.1) is 11.3 Å². The van der Waals surface area contributed by atoms with Crippen LogP contribution in [0.5, 0.6) is 5.75 Å². The summed E-state index contributed by atoms with van der Waals surface area (Å²) in [6, 6.07) is 16.7. The minimum atomic E-state index is -0.661. The van der Waals surface area contributed by atoms with Gasteiger partial charge in [-0.15, -0.1) is 0 Å². The third kappa shape index (κ3) is 2.83. The maximum atomic E-state index is 12.6. The lowest BCUT2D eigenvalue weighted by Crippen LogP contribution is -2.62. The van der Waals surface area contributed by atoms with Crippen molar-refractivity contribution in [3.8, 4) is 11.8 Å². The summed E-state index contributed by atoms with van der Waals surface area (Å²) >= 11 is 0. The quantitative estimate of drug-likeness (QED) is 0.845. The zero-order valence-electron chi connectivity index (χ0n) is 14.7. The summed E-state index contributed by atoms with van der Waals surface area (Å²) in [7, 11) is 0. The van der Waals surface area contributed by atoms with Crippen LogP contribution in [0.25, 0.3) is 0 Å². The molecular formula is C21H20N2O3. The fourth-order valence-electron chi connectivity index (χ4n) is 3.73. The molecule has 0 unspecified atom stereocenters. The SMILES string of the molecule is CC1(C)Oc2ccc(C#N)cc2[C@@H]2N[C@@H](Cc3ccccc3)C(=O)O[C@H]21. The fourth-order valence-corrected chi connectivity index (χ4v) is 3.73. The lowest BCUT2D eigenvalue weighted by Gasteiger charge is -2.48. The van der Waals surface area contributed by atoms with Crippen molar-refractivity contribution in [3.63, 3.8) is 0 Å². The fraction of sp³-hybridized carbons (Fsp3) is 0.333. The molecule has 2 aromatic rings. The normalized spacial score (nSPS) is 25.9. The number of morpholine rings is 1. The number of carbonyl (C=O) groups is 1. The molecule has 2 aliphatic heterocycles. The van der Waals surface area contributed by atoms with Crippen LogP contribution in [-0.4, -0.2) is 23.7 Å². The molecule has 2 aromatic carbocycles. The molecule has 2 aliphatic rings. The number of esters is 1. The summed E-state index contributed by atoms with van der Waals surface area (Å²) in [5, 5.41) is 12.7. The van der Waals surface area contributed by atoms with Gasteiger partial charge in [-0.25, -0.2) is 0 Å². The molecular weight excluding hydrogens is 328 g/mol. The molecule has 0 radical (unpaired) electrons. The molecule has 2 heterocycles. The maximum Gasteiger partial charge on any atom is 0.323 e. The highest BCUT2D eigenvalue weighted by molar-refractivity contribution is 5.78. The number of nitrogens with one attached hydrogen (secondary N) is 1. The average molecular weight is 348 g/mol. The van der Waals surface area contributed by atoms with Gasteiger partial charge in [-0.2, -0.15) is 5.26 Å². The summed E-state index contributed by atoms with van der Waals surface area (Å²) < 4.78 is 11.9. The van der Waals surface area contributed by atoms with Crippen LogP contribution in [0.4, 0.5) is 0 Å². The van der Waals surface area contributed by atoms with Crippen LogP contribution in [0.3, 0.4) is 0 Å². The number of ether oxygens (including phenoxy) is 2. The van der Waals surface area contributed by atoms with E-state index in [1.165, 1.54) is 0 Å². The Morgan fingerprint density at radius 3 is 2.69 bits per heavy atom. The van der Waals surface area contributed by atoms with E-state index in [0.717, 1.165) is 16.9 Å². The third-order valence-electron chi connectivity index (χ3n) is 5.03. The number of carbonyl (C=O) groups excluding carboxylic acids is 1. The highest BCUT2D eigenvalue weighted by Gasteiger charge is 2.51. The van der Waals surface area contributed by atoms with Gasteiger partial charge >= 0.3 is 5.97 Å². The van der Waals surface area contributed by atoms with Crippen molar-refractivity contribution in [3.05, 3.63) is 65.2 Å². The monoisotopic (exact) mass is 348 g/mol. The van der Waals surface area contributed by atoms with Crippen LogP contribution in [-0.2, 0) is 16.0 Å². The highest BCUT2D eigenvalue weighted by atomic mass is 16.6. The first-order valence-electron chi connectivity index (χ1n) is 8.71. The number of hydrogen-bond acceptors (Lipinski definition) is 5. The first kappa shape index (κ1) is 16.6. The summed E-state index contributed by atoms with van der Waals surface area (Å²) in [5.41, 5.74) is 1.83. The number of nitrogens with zero attached hydrogens (tertiary/aromatic N) is 1. The van der Waals surface area contributed by atoms with E-state index < -0.39 is 17.7 Å². The third-order valence-corrected chi connectivity index (χ3v) is 5.03. The van der Waals surface area contributed by atoms with Gasteiger partial charge in [0.05, 0.1) is 17.7 Å². The molecule has 1 fully saturated rings.